The fourth-order valence-corrected chi connectivity index (χ4v) is 2.53. The van der Waals surface area contributed by atoms with Gasteiger partial charge in [0, 0.05) is 24.7 Å². The molecule has 0 atom stereocenters. The molecule has 0 bridgehead atoms. The molecule has 1 heterocycles. The van der Waals surface area contributed by atoms with Crippen LogP contribution in [0.25, 0.3) is 0 Å². The van der Waals surface area contributed by atoms with Gasteiger partial charge >= 0.3 is 5.97 Å². The predicted molar refractivity (Wildman–Crippen MR) is 106 cm³/mol. The molecular weight excluding hydrogens is 358 g/mol. The summed E-state index contributed by atoms with van der Waals surface area (Å²) in [6, 6.07) is 12.1. The van der Waals surface area contributed by atoms with Crippen LogP contribution in [-0.2, 0) is 9.53 Å². The average Bonchev–Trinajstić information content (AvgIpc) is 2.71. The van der Waals surface area contributed by atoms with E-state index in [1.54, 1.807) is 19.1 Å². The highest BCUT2D eigenvalue weighted by atomic mass is 16.5. The Morgan fingerprint density at radius 1 is 1.00 bits per heavy atom. The molecule has 0 aliphatic rings. The van der Waals surface area contributed by atoms with E-state index in [1.807, 2.05) is 18.2 Å². The van der Waals surface area contributed by atoms with E-state index >= 15 is 0 Å². The smallest absolute Gasteiger partial charge is 0.338 e. The molecule has 2 amide bonds. The number of nitrogens with one attached hydrogen (secondary N) is 2. The van der Waals surface area contributed by atoms with Gasteiger partial charge in [-0.2, -0.15) is 0 Å². The maximum absolute atomic E-state index is 12.0. The summed E-state index contributed by atoms with van der Waals surface area (Å²) >= 11 is 0. The van der Waals surface area contributed by atoms with Gasteiger partial charge in [-0.1, -0.05) is 24.6 Å². The summed E-state index contributed by atoms with van der Waals surface area (Å²) in [6.45, 7) is 2.59. The van der Waals surface area contributed by atoms with Crippen molar-refractivity contribution < 1.29 is 19.1 Å². The highest BCUT2D eigenvalue weighted by Gasteiger charge is 2.09. The fourth-order valence-electron chi connectivity index (χ4n) is 2.53. The van der Waals surface area contributed by atoms with Crippen LogP contribution < -0.4 is 10.6 Å². The third kappa shape index (κ3) is 7.19. The first-order valence-corrected chi connectivity index (χ1v) is 9.36. The Bertz CT molecular complexity index is 793. The van der Waals surface area contributed by atoms with Crippen LogP contribution in [0.3, 0.4) is 0 Å². The number of carbonyl (C=O) groups is 3. The van der Waals surface area contributed by atoms with Crippen LogP contribution in [0.15, 0.2) is 48.7 Å². The Morgan fingerprint density at radius 3 is 2.54 bits per heavy atom. The van der Waals surface area contributed by atoms with Gasteiger partial charge in [0.1, 0.15) is 5.82 Å². The van der Waals surface area contributed by atoms with Gasteiger partial charge in [0.05, 0.1) is 12.2 Å². The van der Waals surface area contributed by atoms with Gasteiger partial charge < -0.3 is 15.4 Å². The maximum Gasteiger partial charge on any atom is 0.338 e. The minimum absolute atomic E-state index is 0.0918. The number of hydrogen-bond donors (Lipinski definition) is 2. The Morgan fingerprint density at radius 2 is 1.79 bits per heavy atom. The molecule has 0 spiro atoms. The molecule has 7 heteroatoms. The molecule has 2 N–H and O–H groups in total. The fraction of sp³-hybridized carbons (Fsp3) is 0.333. The van der Waals surface area contributed by atoms with Gasteiger partial charge in [-0.15, -0.1) is 0 Å². The van der Waals surface area contributed by atoms with Crippen molar-refractivity contribution in [2.24, 2.45) is 0 Å². The predicted octanol–water partition coefficient (Wildman–Crippen LogP) is 3.19. The zero-order chi connectivity index (χ0) is 20.2. The van der Waals surface area contributed by atoms with Crippen LogP contribution in [0.1, 0.15) is 53.3 Å². The molecule has 1 aromatic carbocycles. The molecule has 2 rings (SSSR count). The van der Waals surface area contributed by atoms with Crippen LogP contribution in [0, 0.1) is 0 Å². The average molecular weight is 383 g/mol. The number of ether oxygens (including phenoxy) is 1. The third-order valence-corrected chi connectivity index (χ3v) is 3.94. The van der Waals surface area contributed by atoms with Crippen LogP contribution in [-0.4, -0.2) is 35.9 Å². The SMILES string of the molecule is CCOC(=O)c1ccnc(NC(=O)CCCCCNC(=O)c2ccccc2)c1. The first kappa shape index (κ1) is 21.1. The summed E-state index contributed by atoms with van der Waals surface area (Å²) in [4.78, 5) is 39.6. The van der Waals surface area contributed by atoms with Crippen LogP contribution in [0.4, 0.5) is 5.82 Å². The summed E-state index contributed by atoms with van der Waals surface area (Å²) in [5.74, 6) is -0.378. The third-order valence-electron chi connectivity index (χ3n) is 3.94. The van der Waals surface area contributed by atoms with Gasteiger partial charge in [0.15, 0.2) is 0 Å². The quantitative estimate of drug-likeness (QED) is 0.485. The zero-order valence-electron chi connectivity index (χ0n) is 15.9. The Balaban J connectivity index is 1.63. The lowest BCUT2D eigenvalue weighted by Gasteiger charge is -2.07. The number of pyridine rings is 1. The highest BCUT2D eigenvalue weighted by molar-refractivity contribution is 5.94. The zero-order valence-corrected chi connectivity index (χ0v) is 15.9. The van der Waals surface area contributed by atoms with Crippen molar-refractivity contribution in [3.8, 4) is 0 Å². The molecule has 1 aromatic heterocycles. The number of aromatic nitrogens is 1. The first-order chi connectivity index (χ1) is 13.6. The normalized spacial score (nSPS) is 10.2. The molecule has 148 valence electrons. The largest absolute Gasteiger partial charge is 0.462 e. The van der Waals surface area contributed by atoms with Gasteiger partial charge in [-0.3, -0.25) is 9.59 Å². The van der Waals surface area contributed by atoms with E-state index in [2.05, 4.69) is 15.6 Å². The van der Waals surface area contributed by atoms with E-state index in [0.717, 1.165) is 12.8 Å². The second-order valence-electron chi connectivity index (χ2n) is 6.13. The van der Waals surface area contributed by atoms with Crippen molar-refractivity contribution >= 4 is 23.6 Å². The van der Waals surface area contributed by atoms with Crippen LogP contribution >= 0.6 is 0 Å². The molecule has 0 saturated heterocycles. The monoisotopic (exact) mass is 383 g/mol. The number of nitrogens with zero attached hydrogens (tertiary/aromatic N) is 1. The Hall–Kier alpha value is -3.22. The van der Waals surface area contributed by atoms with Crippen LogP contribution in [0.2, 0.25) is 0 Å². The van der Waals surface area contributed by atoms with Crippen molar-refractivity contribution in [3.05, 3.63) is 59.8 Å². The van der Waals surface area contributed by atoms with Crippen molar-refractivity contribution in [3.63, 3.8) is 0 Å². The molecule has 0 fully saturated rings. The molecule has 0 radical (unpaired) electrons. The van der Waals surface area contributed by atoms with E-state index in [1.165, 1.54) is 18.3 Å². The minimum Gasteiger partial charge on any atom is -0.462 e. The number of hydrogen-bond acceptors (Lipinski definition) is 5. The standard InChI is InChI=1S/C21H25N3O4/c1-2-28-21(27)17-12-14-22-18(15-17)24-19(25)11-7-4-8-13-23-20(26)16-9-5-3-6-10-16/h3,5-6,9-10,12,14-15H,2,4,7-8,11,13H2,1H3,(H,23,26)(H,22,24,25). The van der Waals surface area contributed by atoms with E-state index in [-0.39, 0.29) is 18.4 Å². The van der Waals surface area contributed by atoms with E-state index in [9.17, 15) is 14.4 Å². The van der Waals surface area contributed by atoms with Crippen molar-refractivity contribution in [2.75, 3.05) is 18.5 Å². The number of amides is 2. The first-order valence-electron chi connectivity index (χ1n) is 9.36. The van der Waals surface area contributed by atoms with Gasteiger partial charge in [-0.25, -0.2) is 9.78 Å². The second kappa shape index (κ2) is 11.5. The molecule has 7 nitrogen and oxygen atoms in total. The number of anilines is 1. The summed E-state index contributed by atoms with van der Waals surface area (Å²) in [7, 11) is 0. The topological polar surface area (TPSA) is 97.4 Å². The lowest BCUT2D eigenvalue weighted by atomic mass is 10.1. The molecule has 0 unspecified atom stereocenters. The summed E-state index contributed by atoms with van der Waals surface area (Å²) < 4.78 is 4.93. The summed E-state index contributed by atoms with van der Waals surface area (Å²) in [6.07, 6.45) is 4.11. The van der Waals surface area contributed by atoms with E-state index < -0.39 is 5.97 Å². The summed E-state index contributed by atoms with van der Waals surface area (Å²) in [5.41, 5.74) is 0.987. The number of esters is 1. The molecule has 28 heavy (non-hydrogen) atoms. The highest BCUT2D eigenvalue weighted by Crippen LogP contribution is 2.10. The lowest BCUT2D eigenvalue weighted by Crippen LogP contribution is -2.24. The second-order valence-corrected chi connectivity index (χ2v) is 6.13. The van der Waals surface area contributed by atoms with Gasteiger partial charge in [0.2, 0.25) is 5.91 Å². The Kier molecular flexibility index (Phi) is 8.65. The number of carbonyl (C=O) groups excluding carboxylic acids is 3. The number of rotatable bonds is 10. The van der Waals surface area contributed by atoms with Crippen molar-refractivity contribution in [2.45, 2.75) is 32.6 Å². The number of unbranched alkanes of at least 4 members (excludes halogenated alkanes) is 2. The van der Waals surface area contributed by atoms with Gasteiger partial charge in [-0.05, 0) is 44.0 Å². The molecule has 0 aliphatic heterocycles. The molecular formula is C21H25N3O4. The minimum atomic E-state index is -0.446. The number of benzene rings is 1. The maximum atomic E-state index is 12.0. The Labute approximate surface area is 164 Å². The molecule has 2 aromatic rings. The van der Waals surface area contributed by atoms with Crippen LogP contribution in [0.5, 0.6) is 0 Å². The van der Waals surface area contributed by atoms with E-state index in [4.69, 9.17) is 4.74 Å². The summed E-state index contributed by atoms with van der Waals surface area (Å²) in [5, 5.41) is 5.54. The van der Waals surface area contributed by atoms with E-state index in [0.29, 0.717) is 36.3 Å². The van der Waals surface area contributed by atoms with Gasteiger partial charge in [0.25, 0.3) is 5.91 Å². The van der Waals surface area contributed by atoms with Crippen molar-refractivity contribution in [1.82, 2.24) is 10.3 Å². The van der Waals surface area contributed by atoms with Crippen molar-refractivity contribution in [1.29, 1.82) is 0 Å². The lowest BCUT2D eigenvalue weighted by molar-refractivity contribution is -0.116. The molecule has 0 saturated carbocycles. The molecule has 0 aliphatic carbocycles.